The third kappa shape index (κ3) is 5.16. The molecule has 0 radical (unpaired) electrons. The first-order valence-corrected chi connectivity index (χ1v) is 6.22. The number of piperazine rings is 1. The highest BCUT2D eigenvalue weighted by Gasteiger charge is 2.20. The molecular weight excluding hydrogens is 218 g/mol. The van der Waals surface area contributed by atoms with Gasteiger partial charge in [-0.25, -0.2) is 0 Å². The van der Waals surface area contributed by atoms with Gasteiger partial charge in [0.25, 0.3) is 0 Å². The van der Waals surface area contributed by atoms with E-state index in [-0.39, 0.29) is 12.5 Å². The van der Waals surface area contributed by atoms with Crippen molar-refractivity contribution in [3.05, 3.63) is 0 Å². The molecule has 0 spiro atoms. The van der Waals surface area contributed by atoms with Gasteiger partial charge in [0.05, 0.1) is 12.6 Å². The third-order valence-electron chi connectivity index (χ3n) is 2.89. The molecule has 17 heavy (non-hydrogen) atoms. The Morgan fingerprint density at radius 2 is 2.06 bits per heavy atom. The van der Waals surface area contributed by atoms with Crippen LogP contribution in [0.2, 0.25) is 0 Å². The number of hydrogen-bond acceptors (Lipinski definition) is 4. The molecule has 1 amide bonds. The Morgan fingerprint density at radius 3 is 2.65 bits per heavy atom. The maximum Gasteiger partial charge on any atom is 0.248 e. The van der Waals surface area contributed by atoms with E-state index < -0.39 is 0 Å². The molecule has 0 bridgehead atoms. The zero-order valence-electron chi connectivity index (χ0n) is 10.5. The summed E-state index contributed by atoms with van der Waals surface area (Å²) in [5.74, 6) is 0.0673. The molecule has 96 valence electrons. The van der Waals surface area contributed by atoms with E-state index in [1.165, 1.54) is 0 Å². The summed E-state index contributed by atoms with van der Waals surface area (Å²) < 4.78 is 5.31. The quantitative estimate of drug-likeness (QED) is 0.499. The van der Waals surface area contributed by atoms with Gasteiger partial charge >= 0.3 is 0 Å². The molecule has 0 unspecified atom stereocenters. The molecule has 5 nitrogen and oxygen atoms in total. The second-order valence-electron chi connectivity index (χ2n) is 4.22. The number of carbonyl (C=O) groups excluding carboxylic acids is 1. The number of nitriles is 1. The molecule has 0 aromatic rings. The van der Waals surface area contributed by atoms with Crippen LogP contribution < -0.4 is 0 Å². The standard InChI is InChI=1S/C12H21N3O2/c1-2-3-10-17-11-12(16)15-8-6-14(5-4-13)7-9-15/h2-3,5-11H2,1H3. The van der Waals surface area contributed by atoms with E-state index in [4.69, 9.17) is 10.00 Å². The van der Waals surface area contributed by atoms with Gasteiger partial charge in [0, 0.05) is 32.8 Å². The van der Waals surface area contributed by atoms with Gasteiger partial charge in [-0.05, 0) is 6.42 Å². The maximum atomic E-state index is 11.7. The van der Waals surface area contributed by atoms with Crippen LogP contribution >= 0.6 is 0 Å². The van der Waals surface area contributed by atoms with E-state index in [0.29, 0.717) is 26.2 Å². The zero-order chi connectivity index (χ0) is 12.5. The van der Waals surface area contributed by atoms with Gasteiger partial charge in [0.2, 0.25) is 5.91 Å². The second-order valence-corrected chi connectivity index (χ2v) is 4.22. The van der Waals surface area contributed by atoms with E-state index >= 15 is 0 Å². The van der Waals surface area contributed by atoms with Gasteiger partial charge in [-0.2, -0.15) is 5.26 Å². The van der Waals surface area contributed by atoms with Gasteiger partial charge in [-0.3, -0.25) is 9.69 Å². The Labute approximate surface area is 103 Å². The lowest BCUT2D eigenvalue weighted by Gasteiger charge is -2.33. The lowest BCUT2D eigenvalue weighted by molar-refractivity contribution is -0.137. The van der Waals surface area contributed by atoms with Gasteiger partial charge in [-0.15, -0.1) is 0 Å². The van der Waals surface area contributed by atoms with E-state index in [1.54, 1.807) is 0 Å². The summed E-state index contributed by atoms with van der Waals surface area (Å²) in [4.78, 5) is 15.6. The van der Waals surface area contributed by atoms with Crippen molar-refractivity contribution in [2.45, 2.75) is 19.8 Å². The molecule has 1 saturated heterocycles. The van der Waals surface area contributed by atoms with Crippen LogP contribution in [0.5, 0.6) is 0 Å². The van der Waals surface area contributed by atoms with Crippen LogP contribution in [0.25, 0.3) is 0 Å². The Balaban J connectivity index is 2.15. The lowest BCUT2D eigenvalue weighted by atomic mass is 10.3. The lowest BCUT2D eigenvalue weighted by Crippen LogP contribution is -2.49. The van der Waals surface area contributed by atoms with Gasteiger partial charge < -0.3 is 9.64 Å². The van der Waals surface area contributed by atoms with E-state index in [9.17, 15) is 4.79 Å². The van der Waals surface area contributed by atoms with Crippen molar-refractivity contribution < 1.29 is 9.53 Å². The summed E-state index contributed by atoms with van der Waals surface area (Å²) in [7, 11) is 0. The van der Waals surface area contributed by atoms with Crippen LogP contribution in [0.4, 0.5) is 0 Å². The van der Waals surface area contributed by atoms with Crippen LogP contribution in [0.1, 0.15) is 19.8 Å². The molecule has 0 aliphatic carbocycles. The third-order valence-corrected chi connectivity index (χ3v) is 2.89. The molecule has 0 aromatic carbocycles. The molecule has 5 heteroatoms. The minimum absolute atomic E-state index is 0.0673. The number of hydrogen-bond donors (Lipinski definition) is 0. The summed E-state index contributed by atoms with van der Waals surface area (Å²) in [5, 5.41) is 8.57. The topological polar surface area (TPSA) is 56.6 Å². The minimum Gasteiger partial charge on any atom is -0.372 e. The van der Waals surface area contributed by atoms with Crippen molar-refractivity contribution in [2.24, 2.45) is 0 Å². The zero-order valence-corrected chi connectivity index (χ0v) is 10.5. The number of unbranched alkanes of at least 4 members (excludes halogenated alkanes) is 1. The first kappa shape index (κ1) is 13.9. The normalized spacial score (nSPS) is 16.8. The molecule has 0 atom stereocenters. The Kier molecular flexibility index (Phi) is 6.60. The van der Waals surface area contributed by atoms with Gasteiger partial charge in [0.15, 0.2) is 0 Å². The number of rotatable bonds is 6. The van der Waals surface area contributed by atoms with Gasteiger partial charge in [-0.1, -0.05) is 13.3 Å². The molecule has 1 heterocycles. The Morgan fingerprint density at radius 1 is 1.35 bits per heavy atom. The van der Waals surface area contributed by atoms with Crippen molar-refractivity contribution >= 4 is 5.91 Å². The molecule has 1 fully saturated rings. The van der Waals surface area contributed by atoms with Crippen molar-refractivity contribution in [1.29, 1.82) is 5.26 Å². The summed E-state index contributed by atoms with van der Waals surface area (Å²) in [5.41, 5.74) is 0. The highest BCUT2D eigenvalue weighted by atomic mass is 16.5. The monoisotopic (exact) mass is 239 g/mol. The van der Waals surface area contributed by atoms with Crippen LogP contribution in [-0.4, -0.2) is 61.6 Å². The summed E-state index contributed by atoms with van der Waals surface area (Å²) in [6, 6.07) is 2.13. The predicted octanol–water partition coefficient (Wildman–Crippen LogP) is 0.471. The Hall–Kier alpha value is -1.12. The van der Waals surface area contributed by atoms with Crippen LogP contribution in [-0.2, 0) is 9.53 Å². The molecule has 1 aliphatic rings. The SMILES string of the molecule is CCCCOCC(=O)N1CCN(CC#N)CC1. The van der Waals surface area contributed by atoms with Crippen molar-refractivity contribution in [3.63, 3.8) is 0 Å². The largest absolute Gasteiger partial charge is 0.372 e. The van der Waals surface area contributed by atoms with Gasteiger partial charge in [0.1, 0.15) is 6.61 Å². The fraction of sp³-hybridized carbons (Fsp3) is 0.833. The predicted molar refractivity (Wildman–Crippen MR) is 64.4 cm³/mol. The van der Waals surface area contributed by atoms with Crippen LogP contribution in [0.3, 0.4) is 0 Å². The first-order chi connectivity index (χ1) is 8.27. The number of amides is 1. The minimum atomic E-state index is 0.0673. The fourth-order valence-electron chi connectivity index (χ4n) is 1.75. The number of ether oxygens (including phenoxy) is 1. The van der Waals surface area contributed by atoms with E-state index in [2.05, 4.69) is 17.9 Å². The summed E-state index contributed by atoms with van der Waals surface area (Å²) >= 11 is 0. The fourth-order valence-corrected chi connectivity index (χ4v) is 1.75. The highest BCUT2D eigenvalue weighted by molar-refractivity contribution is 5.77. The summed E-state index contributed by atoms with van der Waals surface area (Å²) in [6.45, 7) is 6.39. The average Bonchev–Trinajstić information content (AvgIpc) is 2.36. The van der Waals surface area contributed by atoms with Crippen molar-refractivity contribution in [3.8, 4) is 6.07 Å². The Bertz CT molecular complexity index is 267. The first-order valence-electron chi connectivity index (χ1n) is 6.22. The number of carbonyl (C=O) groups is 1. The number of nitrogens with zero attached hydrogens (tertiary/aromatic N) is 3. The highest BCUT2D eigenvalue weighted by Crippen LogP contribution is 2.02. The van der Waals surface area contributed by atoms with Crippen LogP contribution in [0, 0.1) is 11.3 Å². The van der Waals surface area contributed by atoms with Crippen molar-refractivity contribution in [2.75, 3.05) is 45.9 Å². The molecule has 0 aromatic heterocycles. The molecule has 0 saturated carbocycles. The van der Waals surface area contributed by atoms with Crippen molar-refractivity contribution in [1.82, 2.24) is 9.80 Å². The molecular formula is C12H21N3O2. The molecule has 1 rings (SSSR count). The summed E-state index contributed by atoms with van der Waals surface area (Å²) in [6.07, 6.45) is 2.09. The second kappa shape index (κ2) is 8.04. The van der Waals surface area contributed by atoms with Crippen LogP contribution in [0.15, 0.2) is 0 Å². The molecule has 0 N–H and O–H groups in total. The smallest absolute Gasteiger partial charge is 0.248 e. The van der Waals surface area contributed by atoms with E-state index in [1.807, 2.05) is 4.90 Å². The maximum absolute atomic E-state index is 11.7. The van der Waals surface area contributed by atoms with E-state index in [0.717, 1.165) is 25.9 Å². The molecule has 1 aliphatic heterocycles. The average molecular weight is 239 g/mol.